The van der Waals surface area contributed by atoms with Gasteiger partial charge in [-0.15, -0.1) is 0 Å². The molecule has 4 aromatic carbocycles. The molecule has 0 amide bonds. The second kappa shape index (κ2) is 12.1. The van der Waals surface area contributed by atoms with Gasteiger partial charge in [-0.3, -0.25) is 0 Å². The van der Waals surface area contributed by atoms with Gasteiger partial charge in [0.1, 0.15) is 0 Å². The third-order valence-corrected chi connectivity index (χ3v) is 6.98. The van der Waals surface area contributed by atoms with Gasteiger partial charge in [-0.1, -0.05) is 91.0 Å². The Hall–Kier alpha value is -2.98. The molecular formula is C32H35NO2. The zero-order chi connectivity index (χ0) is 23.7. The number of fused-ring (bicyclic) bond motifs is 1. The Balaban J connectivity index is 1.12. The summed E-state index contributed by atoms with van der Waals surface area (Å²) < 4.78 is 12.3. The van der Waals surface area contributed by atoms with E-state index in [1.807, 2.05) is 6.07 Å². The molecule has 1 N–H and O–H groups in total. The lowest BCUT2D eigenvalue weighted by Crippen LogP contribution is -2.40. The summed E-state index contributed by atoms with van der Waals surface area (Å²) in [7, 11) is 0. The van der Waals surface area contributed by atoms with Crippen molar-refractivity contribution in [3.05, 3.63) is 119 Å². The van der Waals surface area contributed by atoms with Crippen LogP contribution in [0.1, 0.15) is 41.0 Å². The molecular weight excluding hydrogens is 430 g/mol. The molecule has 1 aliphatic rings. The molecule has 2 unspecified atom stereocenters. The first-order chi connectivity index (χ1) is 17.3. The fourth-order valence-corrected chi connectivity index (χ4v) is 4.99. The molecule has 1 aliphatic heterocycles. The minimum absolute atomic E-state index is 0.187. The second-order valence-electron chi connectivity index (χ2n) is 9.51. The first-order valence-electron chi connectivity index (χ1n) is 12.9. The average molecular weight is 466 g/mol. The van der Waals surface area contributed by atoms with E-state index in [4.69, 9.17) is 9.47 Å². The van der Waals surface area contributed by atoms with E-state index in [-0.39, 0.29) is 6.10 Å². The highest BCUT2D eigenvalue weighted by atomic mass is 16.5. The molecule has 0 bridgehead atoms. The highest BCUT2D eigenvalue weighted by molar-refractivity contribution is 5.82. The Morgan fingerprint density at radius 2 is 1.49 bits per heavy atom. The average Bonchev–Trinajstić information content (AvgIpc) is 2.93. The van der Waals surface area contributed by atoms with E-state index in [2.05, 4.69) is 96.3 Å². The topological polar surface area (TPSA) is 30.5 Å². The molecule has 35 heavy (non-hydrogen) atoms. The predicted molar refractivity (Wildman–Crippen MR) is 144 cm³/mol. The van der Waals surface area contributed by atoms with Gasteiger partial charge < -0.3 is 14.8 Å². The van der Waals surface area contributed by atoms with Crippen molar-refractivity contribution in [2.75, 3.05) is 19.7 Å². The monoisotopic (exact) mass is 465 g/mol. The lowest BCUT2D eigenvalue weighted by molar-refractivity contribution is 0.0106. The van der Waals surface area contributed by atoms with E-state index in [0.717, 1.165) is 39.0 Å². The molecule has 0 saturated carbocycles. The number of piperidine rings is 1. The maximum absolute atomic E-state index is 6.46. The van der Waals surface area contributed by atoms with Crippen LogP contribution in [0.5, 0.6) is 0 Å². The Kier molecular flexibility index (Phi) is 8.23. The minimum atomic E-state index is 0.187. The number of hydrogen-bond donors (Lipinski definition) is 1. The number of hydrogen-bond acceptors (Lipinski definition) is 3. The summed E-state index contributed by atoms with van der Waals surface area (Å²) in [5.74, 6) is 0.431. The van der Waals surface area contributed by atoms with E-state index >= 15 is 0 Å². The van der Waals surface area contributed by atoms with Gasteiger partial charge in [0, 0.05) is 19.1 Å². The minimum Gasteiger partial charge on any atom is -0.377 e. The lowest BCUT2D eigenvalue weighted by Gasteiger charge is -2.32. The standard InChI is InChI=1S/C32H35NO2/c1-2-7-26(8-3-1)23-34-20-6-9-25-12-16-29(17-13-25)31-18-19-33-22-32(31)35-24-27-14-15-28-10-4-5-11-30(28)21-27/h1-5,7-8,10-17,21,31-33H,6,9,18-20,22-24H2. The number of aryl methyl sites for hydroxylation is 1. The summed E-state index contributed by atoms with van der Waals surface area (Å²) >= 11 is 0. The molecule has 5 rings (SSSR count). The van der Waals surface area contributed by atoms with Gasteiger partial charge in [0.2, 0.25) is 0 Å². The van der Waals surface area contributed by atoms with E-state index < -0.39 is 0 Å². The number of rotatable bonds is 10. The van der Waals surface area contributed by atoms with Crippen molar-refractivity contribution in [3.63, 3.8) is 0 Å². The summed E-state index contributed by atoms with van der Waals surface area (Å²) in [5, 5.41) is 6.07. The maximum Gasteiger partial charge on any atom is 0.0772 e. The Labute approximate surface area is 209 Å². The van der Waals surface area contributed by atoms with Crippen LogP contribution < -0.4 is 5.32 Å². The van der Waals surface area contributed by atoms with Crippen molar-refractivity contribution in [2.45, 2.75) is 44.5 Å². The normalized spacial score (nSPS) is 18.1. The van der Waals surface area contributed by atoms with Crippen LogP contribution in [0, 0.1) is 0 Å². The summed E-state index contributed by atoms with van der Waals surface area (Å²) in [5.41, 5.74) is 5.23. The fraction of sp³-hybridized carbons (Fsp3) is 0.312. The first-order valence-corrected chi connectivity index (χ1v) is 12.9. The van der Waals surface area contributed by atoms with Crippen LogP contribution in [0.15, 0.2) is 97.1 Å². The predicted octanol–water partition coefficient (Wildman–Crippen LogP) is 6.65. The van der Waals surface area contributed by atoms with Crippen molar-refractivity contribution < 1.29 is 9.47 Å². The van der Waals surface area contributed by atoms with E-state index in [0.29, 0.717) is 19.1 Å². The SMILES string of the molecule is c1ccc(COCCCc2ccc(C3CCNCC3OCc3ccc4ccccc4c3)cc2)cc1. The van der Waals surface area contributed by atoms with Crippen molar-refractivity contribution in [1.29, 1.82) is 0 Å². The van der Waals surface area contributed by atoms with E-state index in [9.17, 15) is 0 Å². The van der Waals surface area contributed by atoms with E-state index in [1.165, 1.54) is 33.0 Å². The fourth-order valence-electron chi connectivity index (χ4n) is 4.99. The van der Waals surface area contributed by atoms with Gasteiger partial charge in [0.15, 0.2) is 0 Å². The zero-order valence-electron chi connectivity index (χ0n) is 20.4. The molecule has 1 fully saturated rings. The van der Waals surface area contributed by atoms with Gasteiger partial charge in [0.05, 0.1) is 19.3 Å². The quantitative estimate of drug-likeness (QED) is 0.266. The highest BCUT2D eigenvalue weighted by Crippen LogP contribution is 2.29. The van der Waals surface area contributed by atoms with Crippen LogP contribution in [0.3, 0.4) is 0 Å². The summed E-state index contributed by atoms with van der Waals surface area (Å²) in [4.78, 5) is 0. The van der Waals surface area contributed by atoms with Gasteiger partial charge >= 0.3 is 0 Å². The second-order valence-corrected chi connectivity index (χ2v) is 9.51. The van der Waals surface area contributed by atoms with Crippen LogP contribution >= 0.6 is 0 Å². The van der Waals surface area contributed by atoms with Crippen LogP contribution in [-0.2, 0) is 29.1 Å². The maximum atomic E-state index is 6.46. The van der Waals surface area contributed by atoms with Crippen molar-refractivity contribution in [2.24, 2.45) is 0 Å². The third kappa shape index (κ3) is 6.58. The molecule has 1 saturated heterocycles. The Morgan fingerprint density at radius 1 is 0.714 bits per heavy atom. The van der Waals surface area contributed by atoms with E-state index in [1.54, 1.807) is 0 Å². The highest BCUT2D eigenvalue weighted by Gasteiger charge is 2.27. The van der Waals surface area contributed by atoms with Crippen LogP contribution in [0.2, 0.25) is 0 Å². The van der Waals surface area contributed by atoms with Crippen molar-refractivity contribution >= 4 is 10.8 Å². The van der Waals surface area contributed by atoms with Gasteiger partial charge in [-0.05, 0) is 64.9 Å². The van der Waals surface area contributed by atoms with Gasteiger partial charge in [0.25, 0.3) is 0 Å². The van der Waals surface area contributed by atoms with Crippen LogP contribution in [0.4, 0.5) is 0 Å². The molecule has 3 heteroatoms. The Bertz CT molecular complexity index is 1190. The Morgan fingerprint density at radius 3 is 2.34 bits per heavy atom. The molecule has 0 aromatic heterocycles. The van der Waals surface area contributed by atoms with Gasteiger partial charge in [-0.25, -0.2) is 0 Å². The number of nitrogens with one attached hydrogen (secondary N) is 1. The number of ether oxygens (including phenoxy) is 2. The van der Waals surface area contributed by atoms with Crippen molar-refractivity contribution in [3.8, 4) is 0 Å². The molecule has 3 nitrogen and oxygen atoms in total. The molecule has 180 valence electrons. The van der Waals surface area contributed by atoms with Gasteiger partial charge in [-0.2, -0.15) is 0 Å². The zero-order valence-corrected chi connectivity index (χ0v) is 20.4. The first kappa shape index (κ1) is 23.7. The van der Waals surface area contributed by atoms with Crippen LogP contribution in [0.25, 0.3) is 10.8 Å². The number of benzene rings is 4. The third-order valence-electron chi connectivity index (χ3n) is 6.98. The molecule has 2 atom stereocenters. The summed E-state index contributed by atoms with van der Waals surface area (Å²) in [6.07, 6.45) is 3.38. The largest absolute Gasteiger partial charge is 0.377 e. The molecule has 1 heterocycles. The summed E-state index contributed by atoms with van der Waals surface area (Å²) in [6, 6.07) is 34.7. The molecule has 4 aromatic rings. The van der Waals surface area contributed by atoms with Crippen molar-refractivity contribution in [1.82, 2.24) is 5.32 Å². The smallest absolute Gasteiger partial charge is 0.0772 e. The molecule has 0 radical (unpaired) electrons. The lowest BCUT2D eigenvalue weighted by atomic mass is 9.87. The summed E-state index contributed by atoms with van der Waals surface area (Å²) in [6.45, 7) is 4.07. The van der Waals surface area contributed by atoms with Crippen LogP contribution in [-0.4, -0.2) is 25.8 Å². The molecule has 0 aliphatic carbocycles. The molecule has 0 spiro atoms.